The molecule has 0 aliphatic rings. The number of ether oxygens (including phenoxy) is 3. The van der Waals surface area contributed by atoms with Crippen LogP contribution in [0.5, 0.6) is 0 Å². The van der Waals surface area contributed by atoms with E-state index in [1.807, 2.05) is 0 Å². The molecule has 6 heteroatoms. The molecule has 0 fully saturated rings. The van der Waals surface area contributed by atoms with Crippen LogP contribution in [0, 0.1) is 0 Å². The predicted octanol–water partition coefficient (Wildman–Crippen LogP) is 23.4. The molecule has 0 aliphatic carbocycles. The van der Waals surface area contributed by atoms with E-state index in [1.165, 1.54) is 135 Å². The largest absolute Gasteiger partial charge is 0.462 e. The minimum Gasteiger partial charge on any atom is -0.462 e. The van der Waals surface area contributed by atoms with Crippen LogP contribution in [0.4, 0.5) is 0 Å². The molecular formula is C74H126O6. The molecule has 0 aromatic carbocycles. The Bertz CT molecular complexity index is 1610. The number of unbranched alkanes of at least 4 members (excludes halogenated alkanes) is 32. The average molecular weight is 1110 g/mol. The van der Waals surface area contributed by atoms with Gasteiger partial charge in [-0.3, -0.25) is 14.4 Å². The van der Waals surface area contributed by atoms with Crippen LogP contribution in [0.3, 0.4) is 0 Å². The quantitative estimate of drug-likeness (QED) is 0.0261. The zero-order chi connectivity index (χ0) is 57.8. The maximum Gasteiger partial charge on any atom is 0.306 e. The van der Waals surface area contributed by atoms with Crippen molar-refractivity contribution < 1.29 is 28.6 Å². The van der Waals surface area contributed by atoms with Crippen molar-refractivity contribution in [2.75, 3.05) is 13.2 Å². The standard InChI is InChI=1S/C74H126O6/c1-4-7-10-13-16-19-22-25-28-30-32-34-35-36-37-38-39-40-42-43-46-49-52-55-58-61-64-67-73(76)79-70-71(69-78-72(75)66-63-60-57-54-51-48-45-27-24-21-18-15-12-9-6-3)80-74(77)68-65-62-59-56-53-50-47-44-41-33-31-29-26-23-20-17-14-11-8-5-2/h7,10,16,18-19,21,25,27-28,32,34,36-37,39-40,43,45-46,71H,4-6,8-9,11-15,17,20,22-24,26,29-31,33,35,38,41-42,44,47-70H2,1-3H3/b10-7-,19-16-,21-18-,28-25-,34-32-,37-36-,40-39-,45-27-,46-43-. The summed E-state index contributed by atoms with van der Waals surface area (Å²) in [5, 5.41) is 0. The van der Waals surface area contributed by atoms with E-state index >= 15 is 0 Å². The van der Waals surface area contributed by atoms with Gasteiger partial charge in [0.15, 0.2) is 6.10 Å². The zero-order valence-corrected chi connectivity index (χ0v) is 52.6. The van der Waals surface area contributed by atoms with Crippen LogP contribution in [0.1, 0.15) is 323 Å². The molecule has 0 radical (unpaired) electrons. The molecule has 0 bridgehead atoms. The number of carbonyl (C=O) groups excluding carboxylic acids is 3. The first-order chi connectivity index (χ1) is 39.5. The Kier molecular flexibility index (Phi) is 64.3. The lowest BCUT2D eigenvalue weighted by Gasteiger charge is -2.18. The van der Waals surface area contributed by atoms with E-state index in [2.05, 4.69) is 130 Å². The molecule has 0 aliphatic heterocycles. The monoisotopic (exact) mass is 1110 g/mol. The topological polar surface area (TPSA) is 78.9 Å². The van der Waals surface area contributed by atoms with Crippen LogP contribution < -0.4 is 0 Å². The van der Waals surface area contributed by atoms with Crippen LogP contribution in [0.15, 0.2) is 109 Å². The van der Waals surface area contributed by atoms with Gasteiger partial charge in [-0.1, -0.05) is 304 Å². The minimum absolute atomic E-state index is 0.0901. The third-order valence-corrected chi connectivity index (χ3v) is 14.5. The van der Waals surface area contributed by atoms with Gasteiger partial charge in [0, 0.05) is 19.3 Å². The van der Waals surface area contributed by atoms with E-state index in [-0.39, 0.29) is 31.1 Å². The second-order valence-corrected chi connectivity index (χ2v) is 22.4. The van der Waals surface area contributed by atoms with Crippen molar-refractivity contribution in [3.05, 3.63) is 109 Å². The van der Waals surface area contributed by atoms with E-state index in [1.54, 1.807) is 0 Å². The number of carbonyl (C=O) groups is 3. The number of hydrogen-bond donors (Lipinski definition) is 0. The highest BCUT2D eigenvalue weighted by Gasteiger charge is 2.19. The van der Waals surface area contributed by atoms with E-state index in [0.717, 1.165) is 148 Å². The highest BCUT2D eigenvalue weighted by atomic mass is 16.6. The number of hydrogen-bond acceptors (Lipinski definition) is 6. The molecule has 0 amide bonds. The highest BCUT2D eigenvalue weighted by molar-refractivity contribution is 5.71. The summed E-state index contributed by atoms with van der Waals surface area (Å²) in [6.07, 6.45) is 92.4. The molecule has 0 N–H and O–H groups in total. The van der Waals surface area contributed by atoms with Crippen LogP contribution in [-0.4, -0.2) is 37.2 Å². The lowest BCUT2D eigenvalue weighted by atomic mass is 10.0. The Morgan fingerprint density at radius 3 is 0.787 bits per heavy atom. The summed E-state index contributed by atoms with van der Waals surface area (Å²) in [5.41, 5.74) is 0. The molecule has 0 aromatic rings. The first-order valence-corrected chi connectivity index (χ1v) is 33.9. The van der Waals surface area contributed by atoms with Gasteiger partial charge in [0.05, 0.1) is 0 Å². The zero-order valence-electron chi connectivity index (χ0n) is 52.6. The molecule has 80 heavy (non-hydrogen) atoms. The normalized spacial score (nSPS) is 12.8. The van der Waals surface area contributed by atoms with Crippen molar-refractivity contribution in [3.63, 3.8) is 0 Å². The molecule has 0 saturated heterocycles. The summed E-state index contributed by atoms with van der Waals surface area (Å²) in [7, 11) is 0. The Morgan fingerprint density at radius 2 is 0.487 bits per heavy atom. The smallest absolute Gasteiger partial charge is 0.306 e. The summed E-state index contributed by atoms with van der Waals surface area (Å²) < 4.78 is 16.9. The average Bonchev–Trinajstić information content (AvgIpc) is 3.46. The highest BCUT2D eigenvalue weighted by Crippen LogP contribution is 2.17. The number of rotatable bonds is 61. The van der Waals surface area contributed by atoms with Gasteiger partial charge in [-0.25, -0.2) is 0 Å². The van der Waals surface area contributed by atoms with Crippen LogP contribution in [0.2, 0.25) is 0 Å². The van der Waals surface area contributed by atoms with Gasteiger partial charge in [-0.05, 0) is 109 Å². The molecule has 1 atom stereocenters. The van der Waals surface area contributed by atoms with Crippen LogP contribution in [-0.2, 0) is 28.6 Å². The predicted molar refractivity (Wildman–Crippen MR) is 348 cm³/mol. The van der Waals surface area contributed by atoms with Gasteiger partial charge in [-0.2, -0.15) is 0 Å². The van der Waals surface area contributed by atoms with Gasteiger partial charge < -0.3 is 14.2 Å². The van der Waals surface area contributed by atoms with Gasteiger partial charge in [-0.15, -0.1) is 0 Å². The van der Waals surface area contributed by atoms with Crippen molar-refractivity contribution in [2.45, 2.75) is 329 Å². The second-order valence-electron chi connectivity index (χ2n) is 22.4. The summed E-state index contributed by atoms with van der Waals surface area (Å²) >= 11 is 0. The number of allylic oxidation sites excluding steroid dienone is 18. The SMILES string of the molecule is CC/C=C\C/C=C\C/C=C\C/C=C\C/C=C\C/C=C\C/C=C\CCCCCCCC(=O)OCC(COC(=O)CCCCCCC/C=C\C/C=C\CCCCC)OC(=O)CCCCCCCCCCCCCCCCCCCCCC. The van der Waals surface area contributed by atoms with Crippen molar-refractivity contribution in [1.82, 2.24) is 0 Å². The molecule has 0 saturated carbocycles. The summed E-state index contributed by atoms with van der Waals surface area (Å²) in [4.78, 5) is 38.4. The Labute approximate surface area is 495 Å². The van der Waals surface area contributed by atoms with Gasteiger partial charge >= 0.3 is 17.9 Å². The number of esters is 3. The van der Waals surface area contributed by atoms with Crippen LogP contribution >= 0.6 is 0 Å². The van der Waals surface area contributed by atoms with E-state index in [4.69, 9.17) is 14.2 Å². The Balaban J connectivity index is 4.39. The van der Waals surface area contributed by atoms with Crippen molar-refractivity contribution in [3.8, 4) is 0 Å². The van der Waals surface area contributed by atoms with Crippen molar-refractivity contribution in [1.29, 1.82) is 0 Å². The van der Waals surface area contributed by atoms with E-state index < -0.39 is 6.10 Å². The molecule has 0 spiro atoms. The Morgan fingerprint density at radius 1 is 0.263 bits per heavy atom. The van der Waals surface area contributed by atoms with Gasteiger partial charge in [0.2, 0.25) is 0 Å². The van der Waals surface area contributed by atoms with Gasteiger partial charge in [0.25, 0.3) is 0 Å². The fourth-order valence-electron chi connectivity index (χ4n) is 9.45. The summed E-state index contributed by atoms with van der Waals surface area (Å²) in [6, 6.07) is 0. The lowest BCUT2D eigenvalue weighted by Crippen LogP contribution is -2.30. The molecule has 0 rings (SSSR count). The minimum atomic E-state index is -0.794. The summed E-state index contributed by atoms with van der Waals surface area (Å²) in [6.45, 7) is 6.51. The first kappa shape index (κ1) is 76.1. The first-order valence-electron chi connectivity index (χ1n) is 33.9. The van der Waals surface area contributed by atoms with Gasteiger partial charge in [0.1, 0.15) is 13.2 Å². The maximum absolute atomic E-state index is 12.9. The molecule has 0 aromatic heterocycles. The maximum atomic E-state index is 12.9. The molecule has 1 unspecified atom stereocenters. The van der Waals surface area contributed by atoms with E-state index in [9.17, 15) is 14.4 Å². The van der Waals surface area contributed by atoms with Crippen LogP contribution in [0.25, 0.3) is 0 Å². The fourth-order valence-corrected chi connectivity index (χ4v) is 9.45. The Hall–Kier alpha value is -3.93. The molecule has 458 valence electrons. The van der Waals surface area contributed by atoms with Crippen molar-refractivity contribution >= 4 is 17.9 Å². The lowest BCUT2D eigenvalue weighted by molar-refractivity contribution is -0.167. The second kappa shape index (κ2) is 67.6. The van der Waals surface area contributed by atoms with E-state index in [0.29, 0.717) is 19.3 Å². The third kappa shape index (κ3) is 64.9. The molecular weight excluding hydrogens is 985 g/mol. The summed E-state index contributed by atoms with van der Waals surface area (Å²) in [5.74, 6) is -0.909. The van der Waals surface area contributed by atoms with Crippen molar-refractivity contribution in [2.24, 2.45) is 0 Å². The fraction of sp³-hybridized carbons (Fsp3) is 0.716. The molecule has 6 nitrogen and oxygen atoms in total. The molecule has 0 heterocycles. The third-order valence-electron chi connectivity index (χ3n) is 14.5.